The maximum atomic E-state index is 12.1. The van der Waals surface area contributed by atoms with E-state index in [0.717, 1.165) is 6.42 Å². The number of benzene rings is 1. The standard InChI is InChI=1S/C14H18ClNO/c1-10-6-2-5-9-13(10)16-14(17)11-7-3-4-8-12(11)15/h3-4,7-8,10,13H,2,5-6,9H2,1H3,(H,16,17). The largest absolute Gasteiger partial charge is 0.349 e. The summed E-state index contributed by atoms with van der Waals surface area (Å²) in [5.41, 5.74) is 0.576. The Balaban J connectivity index is 2.04. The molecular formula is C14H18ClNO. The molecule has 1 saturated carbocycles. The lowest BCUT2D eigenvalue weighted by molar-refractivity contribution is 0.0910. The number of carbonyl (C=O) groups excluding carboxylic acids is 1. The fraction of sp³-hybridized carbons (Fsp3) is 0.500. The Labute approximate surface area is 107 Å². The zero-order chi connectivity index (χ0) is 12.3. The van der Waals surface area contributed by atoms with E-state index < -0.39 is 0 Å². The van der Waals surface area contributed by atoms with Crippen LogP contribution in [0.25, 0.3) is 0 Å². The number of hydrogen-bond donors (Lipinski definition) is 1. The van der Waals surface area contributed by atoms with Crippen LogP contribution in [-0.2, 0) is 0 Å². The summed E-state index contributed by atoms with van der Waals surface area (Å²) >= 11 is 6.01. The molecule has 0 radical (unpaired) electrons. The summed E-state index contributed by atoms with van der Waals surface area (Å²) in [6.45, 7) is 2.21. The van der Waals surface area contributed by atoms with Gasteiger partial charge in [0.2, 0.25) is 0 Å². The van der Waals surface area contributed by atoms with E-state index in [-0.39, 0.29) is 5.91 Å². The molecule has 2 atom stereocenters. The van der Waals surface area contributed by atoms with Crippen molar-refractivity contribution in [1.82, 2.24) is 5.32 Å². The molecule has 2 unspecified atom stereocenters. The first-order chi connectivity index (χ1) is 8.18. The van der Waals surface area contributed by atoms with E-state index in [0.29, 0.717) is 22.5 Å². The fourth-order valence-electron chi connectivity index (χ4n) is 2.42. The summed E-state index contributed by atoms with van der Waals surface area (Å²) in [5, 5.41) is 3.62. The van der Waals surface area contributed by atoms with Crippen LogP contribution in [0.4, 0.5) is 0 Å². The monoisotopic (exact) mass is 251 g/mol. The summed E-state index contributed by atoms with van der Waals surface area (Å²) in [7, 11) is 0. The van der Waals surface area contributed by atoms with Gasteiger partial charge in [0.1, 0.15) is 0 Å². The Morgan fingerprint density at radius 3 is 2.71 bits per heavy atom. The van der Waals surface area contributed by atoms with Gasteiger partial charge in [0.05, 0.1) is 10.6 Å². The molecule has 2 nitrogen and oxygen atoms in total. The summed E-state index contributed by atoms with van der Waals surface area (Å²) in [6, 6.07) is 7.49. The Bertz CT molecular complexity index is 405. The van der Waals surface area contributed by atoms with Crippen LogP contribution in [-0.4, -0.2) is 11.9 Å². The first kappa shape index (κ1) is 12.4. The van der Waals surface area contributed by atoms with Gasteiger partial charge in [-0.05, 0) is 30.9 Å². The zero-order valence-electron chi connectivity index (χ0n) is 10.1. The molecule has 17 heavy (non-hydrogen) atoms. The minimum atomic E-state index is -0.0469. The number of amides is 1. The van der Waals surface area contributed by atoms with Crippen LogP contribution in [0.3, 0.4) is 0 Å². The number of carbonyl (C=O) groups is 1. The van der Waals surface area contributed by atoms with Crippen molar-refractivity contribution in [3.63, 3.8) is 0 Å². The first-order valence-electron chi connectivity index (χ1n) is 6.24. The molecule has 92 valence electrons. The van der Waals surface area contributed by atoms with E-state index >= 15 is 0 Å². The van der Waals surface area contributed by atoms with Gasteiger partial charge in [-0.25, -0.2) is 0 Å². The first-order valence-corrected chi connectivity index (χ1v) is 6.61. The van der Waals surface area contributed by atoms with Gasteiger partial charge in [-0.3, -0.25) is 4.79 Å². The molecule has 2 rings (SSSR count). The van der Waals surface area contributed by atoms with Crippen molar-refractivity contribution in [2.24, 2.45) is 5.92 Å². The van der Waals surface area contributed by atoms with E-state index in [1.54, 1.807) is 12.1 Å². The lowest BCUT2D eigenvalue weighted by atomic mass is 9.86. The third kappa shape index (κ3) is 3.01. The Kier molecular flexibility index (Phi) is 4.06. The maximum absolute atomic E-state index is 12.1. The molecule has 0 bridgehead atoms. The van der Waals surface area contributed by atoms with E-state index in [4.69, 9.17) is 11.6 Å². The van der Waals surface area contributed by atoms with Crippen LogP contribution in [0.1, 0.15) is 43.0 Å². The molecule has 1 aromatic rings. The Morgan fingerprint density at radius 1 is 1.29 bits per heavy atom. The Morgan fingerprint density at radius 2 is 2.00 bits per heavy atom. The number of nitrogens with one attached hydrogen (secondary N) is 1. The second-order valence-electron chi connectivity index (χ2n) is 4.82. The highest BCUT2D eigenvalue weighted by Crippen LogP contribution is 2.24. The van der Waals surface area contributed by atoms with Crippen molar-refractivity contribution in [3.05, 3.63) is 34.9 Å². The van der Waals surface area contributed by atoms with Crippen molar-refractivity contribution in [2.45, 2.75) is 38.6 Å². The normalized spacial score (nSPS) is 24.4. The van der Waals surface area contributed by atoms with Crippen molar-refractivity contribution in [1.29, 1.82) is 0 Å². The predicted molar refractivity (Wildman–Crippen MR) is 70.3 cm³/mol. The van der Waals surface area contributed by atoms with Crippen LogP contribution >= 0.6 is 11.6 Å². The van der Waals surface area contributed by atoms with E-state index in [1.165, 1.54) is 19.3 Å². The lowest BCUT2D eigenvalue weighted by Gasteiger charge is -2.29. The molecule has 0 aliphatic heterocycles. The molecule has 0 saturated heterocycles. The predicted octanol–water partition coefficient (Wildman–Crippen LogP) is 3.65. The van der Waals surface area contributed by atoms with E-state index in [2.05, 4.69) is 12.2 Å². The van der Waals surface area contributed by atoms with Crippen LogP contribution < -0.4 is 5.32 Å². The highest BCUT2D eigenvalue weighted by Gasteiger charge is 2.23. The average Bonchev–Trinajstić information content (AvgIpc) is 2.32. The van der Waals surface area contributed by atoms with Gasteiger partial charge in [0, 0.05) is 6.04 Å². The van der Waals surface area contributed by atoms with Crippen LogP contribution in [0.5, 0.6) is 0 Å². The fourth-order valence-corrected chi connectivity index (χ4v) is 2.64. The molecule has 3 heteroatoms. The van der Waals surface area contributed by atoms with Gasteiger partial charge in [0.25, 0.3) is 5.91 Å². The molecule has 1 aromatic carbocycles. The molecule has 0 heterocycles. The van der Waals surface area contributed by atoms with Crippen LogP contribution in [0.15, 0.2) is 24.3 Å². The minimum absolute atomic E-state index is 0.0469. The number of halogens is 1. The molecule has 1 aliphatic carbocycles. The summed E-state index contributed by atoms with van der Waals surface area (Å²) in [4.78, 5) is 12.1. The second kappa shape index (κ2) is 5.54. The van der Waals surface area contributed by atoms with Crippen molar-refractivity contribution in [3.8, 4) is 0 Å². The SMILES string of the molecule is CC1CCCCC1NC(=O)c1ccccc1Cl. The topological polar surface area (TPSA) is 29.1 Å². The molecule has 0 aromatic heterocycles. The average molecular weight is 252 g/mol. The quantitative estimate of drug-likeness (QED) is 0.854. The molecule has 1 amide bonds. The highest BCUT2D eigenvalue weighted by molar-refractivity contribution is 6.33. The lowest BCUT2D eigenvalue weighted by Crippen LogP contribution is -2.41. The zero-order valence-corrected chi connectivity index (χ0v) is 10.8. The summed E-state index contributed by atoms with van der Waals surface area (Å²) < 4.78 is 0. The van der Waals surface area contributed by atoms with E-state index in [1.807, 2.05) is 12.1 Å². The second-order valence-corrected chi connectivity index (χ2v) is 5.23. The smallest absolute Gasteiger partial charge is 0.253 e. The van der Waals surface area contributed by atoms with Gasteiger partial charge in [-0.2, -0.15) is 0 Å². The van der Waals surface area contributed by atoms with Crippen LogP contribution in [0.2, 0.25) is 5.02 Å². The van der Waals surface area contributed by atoms with Gasteiger partial charge in [-0.15, -0.1) is 0 Å². The van der Waals surface area contributed by atoms with E-state index in [9.17, 15) is 4.79 Å². The molecule has 1 N–H and O–H groups in total. The Hall–Kier alpha value is -1.02. The molecular weight excluding hydrogens is 234 g/mol. The number of rotatable bonds is 2. The summed E-state index contributed by atoms with van der Waals surface area (Å²) in [5.74, 6) is 0.518. The maximum Gasteiger partial charge on any atom is 0.253 e. The van der Waals surface area contributed by atoms with Gasteiger partial charge in [-0.1, -0.05) is 43.5 Å². The summed E-state index contributed by atoms with van der Waals surface area (Å²) in [6.07, 6.45) is 4.77. The van der Waals surface area contributed by atoms with Crippen molar-refractivity contribution in [2.75, 3.05) is 0 Å². The molecule has 1 fully saturated rings. The molecule has 0 spiro atoms. The molecule has 1 aliphatic rings. The van der Waals surface area contributed by atoms with Gasteiger partial charge in [0.15, 0.2) is 0 Å². The highest BCUT2D eigenvalue weighted by atomic mass is 35.5. The third-order valence-corrected chi connectivity index (χ3v) is 3.88. The third-order valence-electron chi connectivity index (χ3n) is 3.55. The minimum Gasteiger partial charge on any atom is -0.349 e. The van der Waals surface area contributed by atoms with Gasteiger partial charge < -0.3 is 5.32 Å². The van der Waals surface area contributed by atoms with Crippen LogP contribution in [0, 0.1) is 5.92 Å². The number of hydrogen-bond acceptors (Lipinski definition) is 1. The van der Waals surface area contributed by atoms with Gasteiger partial charge >= 0.3 is 0 Å². The van der Waals surface area contributed by atoms with Crippen molar-refractivity contribution >= 4 is 17.5 Å². The van der Waals surface area contributed by atoms with Crippen molar-refractivity contribution < 1.29 is 4.79 Å².